The van der Waals surface area contributed by atoms with E-state index in [-0.39, 0.29) is 17.3 Å². The molecule has 2 aliphatic rings. The number of aliphatic carboxylic acids is 1. The normalized spacial score (nSPS) is 36.5. The summed E-state index contributed by atoms with van der Waals surface area (Å²) in [5.41, 5.74) is 1.64. The zero-order valence-electron chi connectivity index (χ0n) is 12.3. The Balaban J connectivity index is 2.48. The topological polar surface area (TPSA) is 37.3 Å². The van der Waals surface area contributed by atoms with Crippen LogP contribution in [0.2, 0.25) is 0 Å². The molecule has 20 heavy (non-hydrogen) atoms. The summed E-state index contributed by atoms with van der Waals surface area (Å²) in [6.07, 6.45) is 10.3. The minimum Gasteiger partial charge on any atom is -0.478 e. The van der Waals surface area contributed by atoms with Gasteiger partial charge in [0.15, 0.2) is 0 Å². The van der Waals surface area contributed by atoms with Crippen molar-refractivity contribution in [2.45, 2.75) is 32.6 Å². The molecule has 1 fully saturated rings. The van der Waals surface area contributed by atoms with Crippen molar-refractivity contribution in [3.8, 4) is 0 Å². The second kappa shape index (κ2) is 5.43. The van der Waals surface area contributed by atoms with Crippen molar-refractivity contribution in [3.05, 3.63) is 49.1 Å². The van der Waals surface area contributed by atoms with E-state index in [4.69, 9.17) is 0 Å². The summed E-state index contributed by atoms with van der Waals surface area (Å²) in [5, 5.41) is 9.30. The Morgan fingerprint density at radius 2 is 2.15 bits per heavy atom. The van der Waals surface area contributed by atoms with Gasteiger partial charge in [-0.1, -0.05) is 30.4 Å². The minimum absolute atomic E-state index is 0.0111. The third kappa shape index (κ3) is 2.17. The third-order valence-corrected chi connectivity index (χ3v) is 5.34. The molecule has 4 atom stereocenters. The van der Waals surface area contributed by atoms with Crippen LogP contribution in [-0.2, 0) is 4.79 Å². The fraction of sp³-hybridized carbons (Fsp3) is 0.500. The van der Waals surface area contributed by atoms with Gasteiger partial charge in [-0.15, -0.1) is 13.2 Å². The SMILES string of the molecule is C=C[C@@H]1CC[C@@H](C(=C)C(=O)O)[C@H]2C=C(C)CC[C@@]12C=C. The fourth-order valence-corrected chi connectivity index (χ4v) is 4.13. The Kier molecular flexibility index (Phi) is 4.03. The van der Waals surface area contributed by atoms with E-state index in [9.17, 15) is 9.90 Å². The first-order valence-electron chi connectivity index (χ1n) is 7.31. The molecule has 0 aliphatic heterocycles. The molecule has 0 spiro atoms. The molecule has 0 aromatic rings. The molecule has 0 saturated heterocycles. The summed E-state index contributed by atoms with van der Waals surface area (Å²) in [6, 6.07) is 0. The Morgan fingerprint density at radius 3 is 2.70 bits per heavy atom. The molecule has 0 amide bonds. The summed E-state index contributed by atoms with van der Waals surface area (Å²) in [6.45, 7) is 14.0. The lowest BCUT2D eigenvalue weighted by Crippen LogP contribution is -2.45. The van der Waals surface area contributed by atoms with Crippen molar-refractivity contribution in [3.63, 3.8) is 0 Å². The number of carboxylic acids is 1. The molecule has 108 valence electrons. The molecule has 0 unspecified atom stereocenters. The van der Waals surface area contributed by atoms with E-state index in [0.29, 0.717) is 11.5 Å². The Bertz CT molecular complexity index is 486. The number of fused-ring (bicyclic) bond motifs is 1. The van der Waals surface area contributed by atoms with Crippen molar-refractivity contribution in [2.75, 3.05) is 0 Å². The Labute approximate surface area is 121 Å². The van der Waals surface area contributed by atoms with Gasteiger partial charge in [0.1, 0.15) is 0 Å². The second-order valence-corrected chi connectivity index (χ2v) is 6.21. The number of carboxylic acid groups (broad SMARTS) is 1. The lowest BCUT2D eigenvalue weighted by atomic mass is 9.51. The third-order valence-electron chi connectivity index (χ3n) is 5.34. The second-order valence-electron chi connectivity index (χ2n) is 6.21. The van der Waals surface area contributed by atoms with Gasteiger partial charge in [0.25, 0.3) is 0 Å². The number of hydrogen-bond donors (Lipinski definition) is 1. The van der Waals surface area contributed by atoms with Gasteiger partial charge < -0.3 is 5.11 Å². The molecule has 2 heteroatoms. The highest BCUT2D eigenvalue weighted by molar-refractivity contribution is 5.86. The van der Waals surface area contributed by atoms with Crippen LogP contribution in [0, 0.1) is 23.2 Å². The fourth-order valence-electron chi connectivity index (χ4n) is 4.13. The highest BCUT2D eigenvalue weighted by atomic mass is 16.4. The summed E-state index contributed by atoms with van der Waals surface area (Å²) >= 11 is 0. The molecule has 0 bridgehead atoms. The van der Waals surface area contributed by atoms with Crippen LogP contribution in [0.3, 0.4) is 0 Å². The van der Waals surface area contributed by atoms with Gasteiger partial charge in [0.05, 0.1) is 0 Å². The lowest BCUT2D eigenvalue weighted by Gasteiger charge is -2.52. The van der Waals surface area contributed by atoms with Crippen molar-refractivity contribution in [1.29, 1.82) is 0 Å². The van der Waals surface area contributed by atoms with Crippen molar-refractivity contribution < 1.29 is 9.90 Å². The molecule has 2 rings (SSSR count). The molecule has 2 aliphatic carbocycles. The smallest absolute Gasteiger partial charge is 0.331 e. The number of rotatable bonds is 4. The maximum atomic E-state index is 11.3. The van der Waals surface area contributed by atoms with Crippen molar-refractivity contribution >= 4 is 5.97 Å². The summed E-state index contributed by atoms with van der Waals surface area (Å²) in [5.74, 6) is -0.292. The van der Waals surface area contributed by atoms with Crippen LogP contribution < -0.4 is 0 Å². The van der Waals surface area contributed by atoms with Crippen molar-refractivity contribution in [2.24, 2.45) is 23.2 Å². The first kappa shape index (κ1) is 14.8. The maximum absolute atomic E-state index is 11.3. The van der Waals surface area contributed by atoms with Crippen LogP contribution in [0.25, 0.3) is 0 Å². The quantitative estimate of drug-likeness (QED) is 0.609. The minimum atomic E-state index is -0.873. The molecule has 1 saturated carbocycles. The van der Waals surface area contributed by atoms with Crippen LogP contribution in [0.4, 0.5) is 0 Å². The van der Waals surface area contributed by atoms with E-state index in [1.54, 1.807) is 0 Å². The summed E-state index contributed by atoms with van der Waals surface area (Å²) < 4.78 is 0. The zero-order chi connectivity index (χ0) is 14.9. The van der Waals surface area contributed by atoms with E-state index >= 15 is 0 Å². The summed E-state index contributed by atoms with van der Waals surface area (Å²) in [7, 11) is 0. The van der Waals surface area contributed by atoms with Crippen LogP contribution in [0.1, 0.15) is 32.6 Å². The molecule has 0 aromatic heterocycles. The van der Waals surface area contributed by atoms with Gasteiger partial charge in [-0.3, -0.25) is 0 Å². The highest BCUT2D eigenvalue weighted by Gasteiger charge is 2.49. The predicted molar refractivity (Wildman–Crippen MR) is 82.3 cm³/mol. The molecular formula is C18H24O2. The Morgan fingerprint density at radius 1 is 1.45 bits per heavy atom. The molecule has 2 nitrogen and oxygen atoms in total. The molecule has 1 N–H and O–H groups in total. The van der Waals surface area contributed by atoms with Crippen molar-refractivity contribution in [1.82, 2.24) is 0 Å². The van der Waals surface area contributed by atoms with E-state index < -0.39 is 5.97 Å². The monoisotopic (exact) mass is 272 g/mol. The average molecular weight is 272 g/mol. The molecular weight excluding hydrogens is 248 g/mol. The standard InChI is InChI=1S/C18H24O2/c1-5-14-7-8-15(13(4)17(19)20)16-11-12(3)9-10-18(14,16)6-2/h5-6,11,14-16H,1-2,4,7-10H2,3H3,(H,19,20)/t14-,15+,16-,18+/m1/s1. The van der Waals surface area contributed by atoms with E-state index in [1.165, 1.54) is 5.57 Å². The Hall–Kier alpha value is -1.57. The first-order chi connectivity index (χ1) is 9.46. The average Bonchev–Trinajstić information content (AvgIpc) is 2.45. The van der Waals surface area contributed by atoms with Crippen LogP contribution >= 0.6 is 0 Å². The van der Waals surface area contributed by atoms with Gasteiger partial charge >= 0.3 is 5.97 Å². The van der Waals surface area contributed by atoms with Gasteiger partial charge in [0, 0.05) is 11.0 Å². The lowest BCUT2D eigenvalue weighted by molar-refractivity contribution is -0.133. The zero-order valence-corrected chi connectivity index (χ0v) is 12.3. The van der Waals surface area contributed by atoms with Gasteiger partial charge in [-0.2, -0.15) is 0 Å². The largest absolute Gasteiger partial charge is 0.478 e. The van der Waals surface area contributed by atoms with E-state index in [0.717, 1.165) is 25.7 Å². The summed E-state index contributed by atoms with van der Waals surface area (Å²) in [4.78, 5) is 11.3. The number of allylic oxidation sites excluding steroid dienone is 4. The first-order valence-corrected chi connectivity index (χ1v) is 7.31. The van der Waals surface area contributed by atoms with Gasteiger partial charge in [-0.05, 0) is 50.4 Å². The van der Waals surface area contributed by atoms with Crippen LogP contribution in [-0.4, -0.2) is 11.1 Å². The maximum Gasteiger partial charge on any atom is 0.331 e. The van der Waals surface area contributed by atoms with Crippen LogP contribution in [0.15, 0.2) is 49.1 Å². The highest BCUT2D eigenvalue weighted by Crippen LogP contribution is 2.57. The molecule has 0 radical (unpaired) electrons. The number of hydrogen-bond acceptors (Lipinski definition) is 1. The van der Waals surface area contributed by atoms with Gasteiger partial charge in [0.2, 0.25) is 0 Å². The number of carbonyl (C=O) groups is 1. The predicted octanol–water partition coefficient (Wildman–Crippen LogP) is 4.37. The van der Waals surface area contributed by atoms with E-state index in [1.807, 2.05) is 12.2 Å². The van der Waals surface area contributed by atoms with Crippen LogP contribution in [0.5, 0.6) is 0 Å². The molecule has 0 aromatic carbocycles. The molecule has 0 heterocycles. The van der Waals surface area contributed by atoms with E-state index in [2.05, 4.69) is 32.7 Å². The van der Waals surface area contributed by atoms with Gasteiger partial charge in [-0.25, -0.2) is 4.79 Å².